The second-order valence-electron chi connectivity index (χ2n) is 3.69. The largest absolute Gasteiger partial charge is 0.478 e. The van der Waals surface area contributed by atoms with E-state index in [1.807, 2.05) is 24.3 Å². The Kier molecular flexibility index (Phi) is 2.73. The Morgan fingerprint density at radius 2 is 2.06 bits per heavy atom. The topological polar surface area (TPSA) is 58.6 Å². The van der Waals surface area contributed by atoms with E-state index in [-0.39, 0.29) is 5.57 Å². The maximum atomic E-state index is 11.1. The second kappa shape index (κ2) is 3.92. The number of rotatable bonds is 2. The minimum absolute atomic E-state index is 0.190. The lowest BCUT2D eigenvalue weighted by Gasteiger charge is -2.24. The lowest BCUT2D eigenvalue weighted by atomic mass is 9.86. The molecule has 0 aliphatic carbocycles. The molecular weight excluding hydrogens is 274 g/mol. The van der Waals surface area contributed by atoms with Crippen molar-refractivity contribution in [2.75, 3.05) is 0 Å². The Balaban J connectivity index is 2.43. The van der Waals surface area contributed by atoms with Crippen LogP contribution in [-0.4, -0.2) is 11.1 Å². The van der Waals surface area contributed by atoms with Gasteiger partial charge in [0.1, 0.15) is 17.4 Å². The molecule has 0 bridgehead atoms. The van der Waals surface area contributed by atoms with Crippen LogP contribution < -0.4 is 5.48 Å². The van der Waals surface area contributed by atoms with E-state index in [0.717, 1.165) is 10.0 Å². The highest BCUT2D eigenvalue weighted by molar-refractivity contribution is 9.10. The molecule has 0 amide bonds. The number of hydrogen-bond acceptors (Lipinski definition) is 3. The van der Waals surface area contributed by atoms with Crippen LogP contribution in [0.25, 0.3) is 0 Å². The standard InChI is InChI=1S/C11H10BrNO3/c1-11(7-2-4-8(12)5-3-7)9(10(14)15)6-16-13-11/h2-6,13H,1H3,(H,14,15). The third-order valence-corrected chi connectivity index (χ3v) is 3.16. The van der Waals surface area contributed by atoms with E-state index in [0.29, 0.717) is 0 Å². The number of hydrogen-bond donors (Lipinski definition) is 2. The van der Waals surface area contributed by atoms with Gasteiger partial charge in [0.05, 0.1) is 0 Å². The number of carboxylic acids is 1. The molecule has 1 atom stereocenters. The number of benzene rings is 1. The molecule has 2 rings (SSSR count). The van der Waals surface area contributed by atoms with Crippen molar-refractivity contribution in [3.63, 3.8) is 0 Å². The lowest BCUT2D eigenvalue weighted by molar-refractivity contribution is -0.133. The highest BCUT2D eigenvalue weighted by Gasteiger charge is 2.40. The zero-order chi connectivity index (χ0) is 11.8. The molecule has 0 saturated heterocycles. The summed E-state index contributed by atoms with van der Waals surface area (Å²) < 4.78 is 0.944. The SMILES string of the molecule is CC1(c2ccc(Br)cc2)NOC=C1C(=O)O. The maximum absolute atomic E-state index is 11.1. The van der Waals surface area contributed by atoms with Crippen LogP contribution in [-0.2, 0) is 15.2 Å². The molecule has 1 aromatic carbocycles. The Morgan fingerprint density at radius 3 is 2.62 bits per heavy atom. The van der Waals surface area contributed by atoms with Gasteiger partial charge in [0, 0.05) is 4.47 Å². The van der Waals surface area contributed by atoms with Crippen LogP contribution in [0, 0.1) is 0 Å². The van der Waals surface area contributed by atoms with Crippen molar-refractivity contribution in [1.82, 2.24) is 5.48 Å². The van der Waals surface area contributed by atoms with Gasteiger partial charge in [0.15, 0.2) is 0 Å². The molecule has 16 heavy (non-hydrogen) atoms. The fourth-order valence-corrected chi connectivity index (χ4v) is 1.91. The van der Waals surface area contributed by atoms with Crippen LogP contribution in [0.4, 0.5) is 0 Å². The van der Waals surface area contributed by atoms with Crippen molar-refractivity contribution in [3.8, 4) is 0 Å². The summed E-state index contributed by atoms with van der Waals surface area (Å²) in [5.74, 6) is -0.990. The predicted octanol–water partition coefficient (Wildman–Crippen LogP) is 2.17. The van der Waals surface area contributed by atoms with Gasteiger partial charge in [0.2, 0.25) is 0 Å². The van der Waals surface area contributed by atoms with E-state index in [1.165, 1.54) is 6.26 Å². The fourth-order valence-electron chi connectivity index (χ4n) is 1.64. The molecule has 0 fully saturated rings. The van der Waals surface area contributed by atoms with Crippen molar-refractivity contribution >= 4 is 21.9 Å². The van der Waals surface area contributed by atoms with Crippen LogP contribution in [0.2, 0.25) is 0 Å². The van der Waals surface area contributed by atoms with Crippen LogP contribution in [0.5, 0.6) is 0 Å². The molecule has 1 aliphatic heterocycles. The number of hydroxylamine groups is 1. The first-order valence-electron chi connectivity index (χ1n) is 4.67. The normalized spacial score (nSPS) is 23.8. The number of carboxylic acid groups (broad SMARTS) is 1. The van der Waals surface area contributed by atoms with Crippen molar-refractivity contribution in [2.45, 2.75) is 12.5 Å². The van der Waals surface area contributed by atoms with Crippen molar-refractivity contribution in [3.05, 3.63) is 46.1 Å². The molecule has 0 aromatic heterocycles. The van der Waals surface area contributed by atoms with Crippen molar-refractivity contribution in [1.29, 1.82) is 0 Å². The summed E-state index contributed by atoms with van der Waals surface area (Å²) in [6.45, 7) is 1.77. The minimum atomic E-state index is -0.990. The van der Waals surface area contributed by atoms with Crippen molar-refractivity contribution < 1.29 is 14.7 Å². The number of nitrogens with one attached hydrogen (secondary N) is 1. The average molecular weight is 284 g/mol. The summed E-state index contributed by atoms with van der Waals surface area (Å²) in [5, 5.41) is 9.07. The smallest absolute Gasteiger partial charge is 0.337 e. The summed E-state index contributed by atoms with van der Waals surface area (Å²) in [5.41, 5.74) is 2.92. The summed E-state index contributed by atoms with van der Waals surface area (Å²) in [4.78, 5) is 16.0. The third kappa shape index (κ3) is 1.72. The minimum Gasteiger partial charge on any atom is -0.478 e. The molecule has 1 unspecified atom stereocenters. The zero-order valence-corrected chi connectivity index (χ0v) is 10.1. The molecule has 1 aliphatic rings. The Bertz CT molecular complexity index is 455. The first-order valence-corrected chi connectivity index (χ1v) is 5.46. The van der Waals surface area contributed by atoms with Crippen LogP contribution in [0.15, 0.2) is 40.6 Å². The number of carbonyl (C=O) groups is 1. The summed E-state index contributed by atoms with van der Waals surface area (Å²) >= 11 is 3.33. The van der Waals surface area contributed by atoms with Crippen LogP contribution >= 0.6 is 15.9 Å². The first kappa shape index (κ1) is 11.2. The van der Waals surface area contributed by atoms with E-state index >= 15 is 0 Å². The molecular formula is C11H10BrNO3. The van der Waals surface area contributed by atoms with Gasteiger partial charge < -0.3 is 9.94 Å². The lowest BCUT2D eigenvalue weighted by Crippen LogP contribution is -2.38. The molecule has 0 saturated carbocycles. The van der Waals surface area contributed by atoms with Gasteiger partial charge in [-0.2, -0.15) is 0 Å². The van der Waals surface area contributed by atoms with E-state index in [9.17, 15) is 4.79 Å². The molecule has 1 heterocycles. The monoisotopic (exact) mass is 283 g/mol. The Morgan fingerprint density at radius 1 is 1.44 bits per heavy atom. The average Bonchev–Trinajstić information content (AvgIpc) is 2.62. The fraction of sp³-hybridized carbons (Fsp3) is 0.182. The quantitative estimate of drug-likeness (QED) is 0.873. The number of aliphatic carboxylic acids is 1. The maximum Gasteiger partial charge on any atom is 0.337 e. The first-order chi connectivity index (χ1) is 7.54. The zero-order valence-electron chi connectivity index (χ0n) is 8.53. The second-order valence-corrected chi connectivity index (χ2v) is 4.60. The third-order valence-electron chi connectivity index (χ3n) is 2.63. The van der Waals surface area contributed by atoms with Gasteiger partial charge >= 0.3 is 5.97 Å². The van der Waals surface area contributed by atoms with Gasteiger partial charge in [0.25, 0.3) is 0 Å². The Hall–Kier alpha value is -1.33. The van der Waals surface area contributed by atoms with Crippen LogP contribution in [0.3, 0.4) is 0 Å². The van der Waals surface area contributed by atoms with E-state index < -0.39 is 11.5 Å². The molecule has 84 valence electrons. The number of halogens is 1. The van der Waals surface area contributed by atoms with Crippen molar-refractivity contribution in [2.24, 2.45) is 0 Å². The van der Waals surface area contributed by atoms with E-state index in [4.69, 9.17) is 9.94 Å². The highest BCUT2D eigenvalue weighted by atomic mass is 79.9. The highest BCUT2D eigenvalue weighted by Crippen LogP contribution is 2.33. The Labute approximate surface area is 101 Å². The van der Waals surface area contributed by atoms with Gasteiger partial charge in [-0.05, 0) is 24.6 Å². The molecule has 0 radical (unpaired) electrons. The summed E-state index contributed by atoms with van der Waals surface area (Å²) in [6.07, 6.45) is 1.23. The van der Waals surface area contributed by atoms with Gasteiger partial charge in [-0.3, -0.25) is 0 Å². The van der Waals surface area contributed by atoms with E-state index in [2.05, 4.69) is 21.4 Å². The molecule has 2 N–H and O–H groups in total. The van der Waals surface area contributed by atoms with Gasteiger partial charge in [-0.25, -0.2) is 4.79 Å². The molecule has 1 aromatic rings. The summed E-state index contributed by atoms with van der Waals surface area (Å²) in [6, 6.07) is 7.42. The predicted molar refractivity (Wildman–Crippen MR) is 61.4 cm³/mol. The van der Waals surface area contributed by atoms with Gasteiger partial charge in [-0.1, -0.05) is 28.1 Å². The molecule has 0 spiro atoms. The van der Waals surface area contributed by atoms with E-state index in [1.54, 1.807) is 6.92 Å². The van der Waals surface area contributed by atoms with Crippen LogP contribution in [0.1, 0.15) is 12.5 Å². The molecule has 5 heteroatoms. The molecule has 4 nitrogen and oxygen atoms in total. The summed E-state index contributed by atoms with van der Waals surface area (Å²) in [7, 11) is 0. The van der Waals surface area contributed by atoms with Gasteiger partial charge in [-0.15, -0.1) is 5.48 Å².